The maximum Gasteiger partial charge on any atom is 0.303 e. The molecule has 7 heteroatoms. The van der Waals surface area contributed by atoms with Gasteiger partial charge < -0.3 is 10.4 Å². The molecule has 0 fully saturated rings. The Bertz CT molecular complexity index is 498. The van der Waals surface area contributed by atoms with Crippen molar-refractivity contribution in [1.29, 1.82) is 0 Å². The van der Waals surface area contributed by atoms with Gasteiger partial charge in [0.15, 0.2) is 0 Å². The third-order valence-corrected chi connectivity index (χ3v) is 2.69. The minimum absolute atomic E-state index is 0.00448. The Hall–Kier alpha value is -2.44. The van der Waals surface area contributed by atoms with Crippen LogP contribution in [0.3, 0.4) is 0 Å². The number of hydrogen-bond donors (Lipinski definition) is 2. The maximum absolute atomic E-state index is 11.6. The highest BCUT2D eigenvalue weighted by Gasteiger charge is 2.12. The molecule has 0 radical (unpaired) electrons. The van der Waals surface area contributed by atoms with Crippen LogP contribution in [0, 0.1) is 16.0 Å². The average molecular weight is 280 g/mol. The second-order valence-electron chi connectivity index (χ2n) is 4.61. The molecule has 1 atom stereocenters. The van der Waals surface area contributed by atoms with Crippen molar-refractivity contribution in [3.63, 3.8) is 0 Å². The highest BCUT2D eigenvalue weighted by molar-refractivity contribution is 5.77. The molecule has 7 nitrogen and oxygen atoms in total. The average Bonchev–Trinajstić information content (AvgIpc) is 2.35. The van der Waals surface area contributed by atoms with Crippen LogP contribution >= 0.6 is 0 Å². The van der Waals surface area contributed by atoms with Crippen LogP contribution in [0.5, 0.6) is 0 Å². The molecule has 1 rings (SSSR count). The number of benzene rings is 1. The SMILES string of the molecule is CC(CC(=O)O)CC(=O)NCc1ccc([N+](=O)[O-])cc1. The highest BCUT2D eigenvalue weighted by atomic mass is 16.6. The fraction of sp³-hybridized carbons (Fsp3) is 0.385. The van der Waals surface area contributed by atoms with E-state index in [9.17, 15) is 19.7 Å². The van der Waals surface area contributed by atoms with Gasteiger partial charge in [-0.15, -0.1) is 0 Å². The summed E-state index contributed by atoms with van der Waals surface area (Å²) in [6, 6.07) is 5.88. The molecule has 0 saturated carbocycles. The quantitative estimate of drug-likeness (QED) is 0.583. The van der Waals surface area contributed by atoms with Crippen LogP contribution in [-0.2, 0) is 16.1 Å². The molecular weight excluding hydrogens is 264 g/mol. The zero-order valence-electron chi connectivity index (χ0n) is 11.0. The van der Waals surface area contributed by atoms with Gasteiger partial charge in [-0.05, 0) is 11.5 Å². The molecule has 1 aromatic rings. The molecule has 0 aliphatic carbocycles. The molecular formula is C13H16N2O5. The molecule has 1 amide bonds. The Balaban J connectivity index is 2.40. The van der Waals surface area contributed by atoms with Crippen LogP contribution in [0.2, 0.25) is 0 Å². The minimum atomic E-state index is -0.930. The van der Waals surface area contributed by atoms with E-state index in [1.807, 2.05) is 0 Å². The monoisotopic (exact) mass is 280 g/mol. The van der Waals surface area contributed by atoms with Crippen LogP contribution in [0.25, 0.3) is 0 Å². The molecule has 108 valence electrons. The second kappa shape index (κ2) is 7.22. The third-order valence-electron chi connectivity index (χ3n) is 2.69. The molecule has 0 aliphatic heterocycles. The van der Waals surface area contributed by atoms with Crippen LogP contribution in [0.15, 0.2) is 24.3 Å². The number of carbonyl (C=O) groups excluding carboxylic acids is 1. The Morgan fingerprint density at radius 3 is 2.40 bits per heavy atom. The van der Waals surface area contributed by atoms with Crippen LogP contribution in [0.4, 0.5) is 5.69 Å². The first kappa shape index (κ1) is 15.6. The van der Waals surface area contributed by atoms with E-state index < -0.39 is 10.9 Å². The lowest BCUT2D eigenvalue weighted by Gasteiger charge is -2.09. The number of carbonyl (C=O) groups is 2. The molecule has 0 spiro atoms. The van der Waals surface area contributed by atoms with Gasteiger partial charge in [0.1, 0.15) is 0 Å². The molecule has 1 unspecified atom stereocenters. The molecule has 2 N–H and O–H groups in total. The van der Waals surface area contributed by atoms with E-state index in [2.05, 4.69) is 5.32 Å². The number of carboxylic acids is 1. The van der Waals surface area contributed by atoms with Crippen molar-refractivity contribution in [3.05, 3.63) is 39.9 Å². The van der Waals surface area contributed by atoms with E-state index in [0.29, 0.717) is 0 Å². The van der Waals surface area contributed by atoms with Gasteiger partial charge in [-0.3, -0.25) is 19.7 Å². The number of nitrogens with one attached hydrogen (secondary N) is 1. The van der Waals surface area contributed by atoms with Gasteiger partial charge in [0.05, 0.1) is 4.92 Å². The van der Waals surface area contributed by atoms with E-state index >= 15 is 0 Å². The van der Waals surface area contributed by atoms with Crippen LogP contribution in [0.1, 0.15) is 25.3 Å². The van der Waals surface area contributed by atoms with Gasteiger partial charge in [0.2, 0.25) is 5.91 Å². The number of aliphatic carboxylic acids is 1. The summed E-state index contributed by atoms with van der Waals surface area (Å²) in [5, 5.41) is 21.7. The zero-order chi connectivity index (χ0) is 15.1. The highest BCUT2D eigenvalue weighted by Crippen LogP contribution is 2.12. The first-order valence-corrected chi connectivity index (χ1v) is 6.10. The van der Waals surface area contributed by atoms with Crippen molar-refractivity contribution < 1.29 is 19.6 Å². The molecule has 0 heterocycles. The summed E-state index contributed by atoms with van der Waals surface area (Å²) in [4.78, 5) is 32.0. The largest absolute Gasteiger partial charge is 0.481 e. The molecule has 20 heavy (non-hydrogen) atoms. The Morgan fingerprint density at radius 2 is 1.90 bits per heavy atom. The summed E-state index contributed by atoms with van der Waals surface area (Å²) >= 11 is 0. The summed E-state index contributed by atoms with van der Waals surface area (Å²) < 4.78 is 0. The third kappa shape index (κ3) is 5.47. The Morgan fingerprint density at radius 1 is 1.30 bits per heavy atom. The van der Waals surface area contributed by atoms with Gasteiger partial charge in [-0.1, -0.05) is 19.1 Å². The number of nitro groups is 1. The molecule has 0 aromatic heterocycles. The van der Waals surface area contributed by atoms with Crippen molar-refractivity contribution in [3.8, 4) is 0 Å². The fourth-order valence-corrected chi connectivity index (χ4v) is 1.70. The predicted molar refractivity (Wildman–Crippen MR) is 71.0 cm³/mol. The number of non-ortho nitro benzene ring substituents is 1. The minimum Gasteiger partial charge on any atom is -0.481 e. The lowest BCUT2D eigenvalue weighted by molar-refractivity contribution is -0.384. The van der Waals surface area contributed by atoms with Crippen LogP contribution < -0.4 is 5.32 Å². The number of carboxylic acid groups (broad SMARTS) is 1. The van der Waals surface area contributed by atoms with E-state index in [-0.39, 0.29) is 36.9 Å². The summed E-state index contributed by atoms with van der Waals surface area (Å²) in [7, 11) is 0. The van der Waals surface area contributed by atoms with E-state index in [1.165, 1.54) is 12.1 Å². The predicted octanol–water partition coefficient (Wildman–Crippen LogP) is 1.71. The number of rotatable bonds is 7. The standard InChI is InChI=1S/C13H16N2O5/c1-9(7-13(17)18)6-12(16)14-8-10-2-4-11(5-3-10)15(19)20/h2-5,9H,6-8H2,1H3,(H,14,16)(H,17,18). The first-order valence-electron chi connectivity index (χ1n) is 6.10. The van der Waals surface area contributed by atoms with Crippen molar-refractivity contribution in [2.45, 2.75) is 26.3 Å². The molecule has 0 aliphatic rings. The summed E-state index contributed by atoms with van der Waals surface area (Å²) in [5.74, 6) is -1.40. The summed E-state index contributed by atoms with van der Waals surface area (Å²) in [5.41, 5.74) is 0.741. The van der Waals surface area contributed by atoms with Gasteiger partial charge in [0.25, 0.3) is 5.69 Å². The van der Waals surface area contributed by atoms with Crippen LogP contribution in [-0.4, -0.2) is 21.9 Å². The Labute approximate surface area is 115 Å². The Kier molecular flexibility index (Phi) is 5.64. The first-order chi connectivity index (χ1) is 9.38. The topological polar surface area (TPSA) is 110 Å². The van der Waals surface area contributed by atoms with Gasteiger partial charge in [0, 0.05) is 31.5 Å². The maximum atomic E-state index is 11.6. The number of amides is 1. The van der Waals surface area contributed by atoms with E-state index in [4.69, 9.17) is 5.11 Å². The second-order valence-corrected chi connectivity index (χ2v) is 4.61. The van der Waals surface area contributed by atoms with Gasteiger partial charge in [-0.2, -0.15) is 0 Å². The smallest absolute Gasteiger partial charge is 0.303 e. The summed E-state index contributed by atoms with van der Waals surface area (Å²) in [6.45, 7) is 1.95. The normalized spacial score (nSPS) is 11.7. The fourth-order valence-electron chi connectivity index (χ4n) is 1.70. The van der Waals surface area contributed by atoms with Crippen molar-refractivity contribution in [2.75, 3.05) is 0 Å². The lowest BCUT2D eigenvalue weighted by Crippen LogP contribution is -2.25. The van der Waals surface area contributed by atoms with Gasteiger partial charge >= 0.3 is 5.97 Å². The zero-order valence-corrected chi connectivity index (χ0v) is 11.0. The number of hydrogen-bond acceptors (Lipinski definition) is 4. The molecule has 0 bridgehead atoms. The van der Waals surface area contributed by atoms with Crippen molar-refractivity contribution in [1.82, 2.24) is 5.32 Å². The lowest BCUT2D eigenvalue weighted by atomic mass is 10.0. The van der Waals surface area contributed by atoms with Crippen molar-refractivity contribution in [2.24, 2.45) is 5.92 Å². The van der Waals surface area contributed by atoms with E-state index in [1.54, 1.807) is 19.1 Å². The number of nitro benzene ring substituents is 1. The summed E-state index contributed by atoms with van der Waals surface area (Å²) in [6.07, 6.45) is 0.0875. The molecule has 1 aromatic carbocycles. The van der Waals surface area contributed by atoms with E-state index in [0.717, 1.165) is 5.56 Å². The number of nitrogens with zero attached hydrogens (tertiary/aromatic N) is 1. The van der Waals surface area contributed by atoms with Gasteiger partial charge in [-0.25, -0.2) is 0 Å². The van der Waals surface area contributed by atoms with Crippen molar-refractivity contribution >= 4 is 17.6 Å². The molecule has 0 saturated heterocycles.